The maximum absolute atomic E-state index is 12.4. The van der Waals surface area contributed by atoms with E-state index in [2.05, 4.69) is 0 Å². The predicted molar refractivity (Wildman–Crippen MR) is 85.7 cm³/mol. The van der Waals surface area contributed by atoms with Crippen molar-refractivity contribution in [3.8, 4) is 0 Å². The lowest BCUT2D eigenvalue weighted by Gasteiger charge is -2.35. The molecule has 0 bridgehead atoms. The molecule has 1 spiro atoms. The van der Waals surface area contributed by atoms with Gasteiger partial charge in [0.15, 0.2) is 0 Å². The fourth-order valence-electron chi connectivity index (χ4n) is 4.27. The Morgan fingerprint density at radius 3 is 2.88 bits per heavy atom. The number of fused-ring (bicyclic) bond motifs is 1. The van der Waals surface area contributed by atoms with E-state index in [4.69, 9.17) is 9.94 Å². The zero-order valence-corrected chi connectivity index (χ0v) is 13.6. The molecule has 24 heavy (non-hydrogen) atoms. The number of nitrogens with zero attached hydrogens (tertiary/aromatic N) is 1. The van der Waals surface area contributed by atoms with Crippen molar-refractivity contribution < 1.29 is 19.5 Å². The maximum atomic E-state index is 12.4. The third-order valence-electron chi connectivity index (χ3n) is 5.65. The molecule has 6 nitrogen and oxygen atoms in total. The minimum Gasteiger partial charge on any atom is -0.381 e. The molecule has 1 atom stereocenters. The smallest absolute Gasteiger partial charge is 0.274 e. The Bertz CT molecular complexity index is 686. The molecular formula is C18H22N2O4. The Labute approximate surface area is 140 Å². The SMILES string of the molecule is O=C(NO)c1ccc2c(c1)C[C@]1(CC2)CC(=O)N(CC2COC2)C1. The first kappa shape index (κ1) is 15.6. The van der Waals surface area contributed by atoms with Crippen LogP contribution in [0.15, 0.2) is 18.2 Å². The van der Waals surface area contributed by atoms with E-state index in [0.29, 0.717) is 17.9 Å². The summed E-state index contributed by atoms with van der Waals surface area (Å²) in [6, 6.07) is 5.56. The standard InChI is InChI=1S/C18H22N2O4/c21-16-7-18(11-20(16)8-12-9-24-10-12)4-3-13-1-2-14(17(22)19-23)5-15(13)6-18/h1-2,5,12,23H,3-4,6-11H2,(H,19,22)/t18-/m1/s1. The lowest BCUT2D eigenvalue weighted by atomic mass is 9.70. The number of likely N-dealkylation sites (tertiary alicyclic amines) is 1. The van der Waals surface area contributed by atoms with E-state index in [9.17, 15) is 9.59 Å². The van der Waals surface area contributed by atoms with Gasteiger partial charge < -0.3 is 9.64 Å². The second-order valence-electron chi connectivity index (χ2n) is 7.46. The van der Waals surface area contributed by atoms with Crippen molar-refractivity contribution in [2.75, 3.05) is 26.3 Å². The van der Waals surface area contributed by atoms with E-state index < -0.39 is 5.91 Å². The number of aryl methyl sites for hydroxylation is 1. The van der Waals surface area contributed by atoms with Gasteiger partial charge in [-0.2, -0.15) is 0 Å². The molecule has 0 unspecified atom stereocenters. The van der Waals surface area contributed by atoms with Crippen LogP contribution in [0.1, 0.15) is 34.3 Å². The van der Waals surface area contributed by atoms with Crippen LogP contribution in [0.4, 0.5) is 0 Å². The van der Waals surface area contributed by atoms with Crippen LogP contribution in [0, 0.1) is 11.3 Å². The highest BCUT2D eigenvalue weighted by atomic mass is 16.5. The van der Waals surface area contributed by atoms with Crippen molar-refractivity contribution in [2.24, 2.45) is 11.3 Å². The molecule has 1 aromatic carbocycles. The number of hydroxylamine groups is 1. The summed E-state index contributed by atoms with van der Waals surface area (Å²) in [5, 5.41) is 8.82. The first-order valence-corrected chi connectivity index (χ1v) is 8.50. The Kier molecular flexibility index (Phi) is 3.81. The Morgan fingerprint density at radius 1 is 1.33 bits per heavy atom. The Balaban J connectivity index is 1.52. The molecule has 4 rings (SSSR count). The van der Waals surface area contributed by atoms with Crippen molar-refractivity contribution >= 4 is 11.8 Å². The number of hydrogen-bond donors (Lipinski definition) is 2. The maximum Gasteiger partial charge on any atom is 0.274 e. The van der Waals surface area contributed by atoms with Crippen molar-refractivity contribution in [1.82, 2.24) is 10.4 Å². The largest absolute Gasteiger partial charge is 0.381 e. The van der Waals surface area contributed by atoms with Crippen molar-refractivity contribution in [3.63, 3.8) is 0 Å². The van der Waals surface area contributed by atoms with Crippen LogP contribution in [-0.2, 0) is 22.4 Å². The van der Waals surface area contributed by atoms with Gasteiger partial charge in [0.05, 0.1) is 13.2 Å². The first-order chi connectivity index (χ1) is 11.6. The molecular weight excluding hydrogens is 308 g/mol. The summed E-state index contributed by atoms with van der Waals surface area (Å²) < 4.78 is 5.21. The molecule has 3 aliphatic rings. The van der Waals surface area contributed by atoms with Gasteiger partial charge in [-0.05, 0) is 42.5 Å². The van der Waals surface area contributed by atoms with Crippen LogP contribution in [0.3, 0.4) is 0 Å². The number of carbonyl (C=O) groups excluding carboxylic acids is 2. The average Bonchev–Trinajstić information content (AvgIpc) is 2.84. The summed E-state index contributed by atoms with van der Waals surface area (Å²) in [5.74, 6) is 0.237. The van der Waals surface area contributed by atoms with Gasteiger partial charge in [-0.25, -0.2) is 5.48 Å². The van der Waals surface area contributed by atoms with Gasteiger partial charge in [-0.1, -0.05) is 6.07 Å². The molecule has 2 saturated heterocycles. The molecule has 0 aromatic heterocycles. The summed E-state index contributed by atoms with van der Waals surface area (Å²) in [5.41, 5.74) is 4.51. The van der Waals surface area contributed by atoms with Gasteiger partial charge in [-0.15, -0.1) is 0 Å². The van der Waals surface area contributed by atoms with Gasteiger partial charge in [0.2, 0.25) is 5.91 Å². The minimum atomic E-state index is -0.494. The summed E-state index contributed by atoms with van der Waals surface area (Å²) in [7, 11) is 0. The second-order valence-corrected chi connectivity index (χ2v) is 7.46. The first-order valence-electron chi connectivity index (χ1n) is 8.50. The number of ether oxygens (including phenoxy) is 1. The molecule has 2 heterocycles. The minimum absolute atomic E-state index is 0.0109. The number of nitrogens with one attached hydrogen (secondary N) is 1. The molecule has 1 aliphatic carbocycles. The fraction of sp³-hybridized carbons (Fsp3) is 0.556. The third-order valence-corrected chi connectivity index (χ3v) is 5.65. The number of benzene rings is 1. The van der Waals surface area contributed by atoms with E-state index in [1.807, 2.05) is 17.0 Å². The lowest BCUT2D eigenvalue weighted by molar-refractivity contribution is -0.130. The Morgan fingerprint density at radius 2 is 2.17 bits per heavy atom. The van der Waals surface area contributed by atoms with Crippen LogP contribution in [-0.4, -0.2) is 48.2 Å². The number of amides is 2. The van der Waals surface area contributed by atoms with Gasteiger partial charge in [0, 0.05) is 36.4 Å². The zero-order chi connectivity index (χ0) is 16.7. The highest BCUT2D eigenvalue weighted by molar-refractivity contribution is 5.93. The topological polar surface area (TPSA) is 78.9 Å². The van der Waals surface area contributed by atoms with E-state index >= 15 is 0 Å². The number of rotatable bonds is 3. The fourth-order valence-corrected chi connectivity index (χ4v) is 4.27. The highest BCUT2D eigenvalue weighted by Gasteiger charge is 2.45. The lowest BCUT2D eigenvalue weighted by Crippen LogP contribution is -2.41. The monoisotopic (exact) mass is 330 g/mol. The quantitative estimate of drug-likeness (QED) is 0.644. The molecule has 0 saturated carbocycles. The van der Waals surface area contributed by atoms with Crippen LogP contribution in [0.5, 0.6) is 0 Å². The van der Waals surface area contributed by atoms with Crippen LogP contribution in [0.2, 0.25) is 0 Å². The molecule has 2 aliphatic heterocycles. The van der Waals surface area contributed by atoms with E-state index in [-0.39, 0.29) is 11.3 Å². The zero-order valence-electron chi connectivity index (χ0n) is 13.6. The number of carbonyl (C=O) groups is 2. The molecule has 6 heteroatoms. The number of hydrogen-bond acceptors (Lipinski definition) is 4. The normalized spacial score (nSPS) is 26.4. The summed E-state index contributed by atoms with van der Waals surface area (Å²) in [6.45, 7) is 3.14. The van der Waals surface area contributed by atoms with Crippen molar-refractivity contribution in [3.05, 3.63) is 34.9 Å². The van der Waals surface area contributed by atoms with Gasteiger partial charge in [0.1, 0.15) is 0 Å². The molecule has 128 valence electrons. The van der Waals surface area contributed by atoms with E-state index in [1.165, 1.54) is 5.56 Å². The molecule has 2 amide bonds. The van der Waals surface area contributed by atoms with E-state index in [1.54, 1.807) is 11.5 Å². The average molecular weight is 330 g/mol. The van der Waals surface area contributed by atoms with Crippen molar-refractivity contribution in [1.29, 1.82) is 0 Å². The molecule has 2 fully saturated rings. The highest BCUT2D eigenvalue weighted by Crippen LogP contribution is 2.43. The Hall–Kier alpha value is -1.92. The van der Waals surface area contributed by atoms with Crippen molar-refractivity contribution in [2.45, 2.75) is 25.7 Å². The summed E-state index contributed by atoms with van der Waals surface area (Å²) in [6.07, 6.45) is 3.35. The van der Waals surface area contributed by atoms with Crippen LogP contribution < -0.4 is 5.48 Å². The van der Waals surface area contributed by atoms with Gasteiger partial charge in [0.25, 0.3) is 5.91 Å². The van der Waals surface area contributed by atoms with E-state index in [0.717, 1.165) is 51.1 Å². The van der Waals surface area contributed by atoms with Gasteiger partial charge in [-0.3, -0.25) is 14.8 Å². The summed E-state index contributed by atoms with van der Waals surface area (Å²) in [4.78, 5) is 26.1. The van der Waals surface area contributed by atoms with Gasteiger partial charge >= 0.3 is 0 Å². The molecule has 0 radical (unpaired) electrons. The molecule has 2 N–H and O–H groups in total. The molecule has 1 aromatic rings. The third kappa shape index (κ3) is 2.70. The second kappa shape index (κ2) is 5.86. The van der Waals surface area contributed by atoms with Crippen LogP contribution >= 0.6 is 0 Å². The summed E-state index contributed by atoms with van der Waals surface area (Å²) >= 11 is 0. The predicted octanol–water partition coefficient (Wildman–Crippen LogP) is 1.16. The van der Waals surface area contributed by atoms with Crippen LogP contribution in [0.25, 0.3) is 0 Å².